The summed E-state index contributed by atoms with van der Waals surface area (Å²) in [6, 6.07) is 0. The van der Waals surface area contributed by atoms with Crippen LogP contribution in [-0.4, -0.2) is 23.1 Å². The van der Waals surface area contributed by atoms with E-state index in [9.17, 15) is 0 Å². The summed E-state index contributed by atoms with van der Waals surface area (Å²) in [7, 11) is 0. The standard InChI is InChI=1S/C12H19N3/c1-9-4-6-15(7-5-9)12-8-13-10(2)11(3)14-12/h8-9H,4-7H2,1-3H3. The molecule has 3 nitrogen and oxygen atoms in total. The average Bonchev–Trinajstić information content (AvgIpc) is 2.23. The van der Waals surface area contributed by atoms with Gasteiger partial charge in [0.2, 0.25) is 0 Å². The van der Waals surface area contributed by atoms with Gasteiger partial charge in [0.15, 0.2) is 0 Å². The van der Waals surface area contributed by atoms with Gasteiger partial charge in [-0.3, -0.25) is 4.98 Å². The Kier molecular flexibility index (Phi) is 2.89. The summed E-state index contributed by atoms with van der Waals surface area (Å²) in [6.45, 7) is 8.60. The molecular formula is C12H19N3. The summed E-state index contributed by atoms with van der Waals surface area (Å²) in [5, 5.41) is 0. The van der Waals surface area contributed by atoms with Crippen LogP contribution in [0.1, 0.15) is 31.2 Å². The Labute approximate surface area is 91.5 Å². The third-order valence-corrected chi connectivity index (χ3v) is 3.29. The first-order valence-electron chi connectivity index (χ1n) is 5.72. The molecule has 0 bridgehead atoms. The van der Waals surface area contributed by atoms with Gasteiger partial charge >= 0.3 is 0 Å². The van der Waals surface area contributed by atoms with Crippen LogP contribution in [0.2, 0.25) is 0 Å². The average molecular weight is 205 g/mol. The van der Waals surface area contributed by atoms with Crippen LogP contribution in [0, 0.1) is 19.8 Å². The summed E-state index contributed by atoms with van der Waals surface area (Å²) in [6.07, 6.45) is 4.45. The van der Waals surface area contributed by atoms with Gasteiger partial charge in [-0.1, -0.05) is 6.92 Å². The molecule has 0 aromatic carbocycles. The molecule has 0 aliphatic carbocycles. The summed E-state index contributed by atoms with van der Waals surface area (Å²) in [5.74, 6) is 1.91. The van der Waals surface area contributed by atoms with Crippen molar-refractivity contribution in [2.75, 3.05) is 18.0 Å². The second kappa shape index (κ2) is 4.17. The van der Waals surface area contributed by atoms with E-state index >= 15 is 0 Å². The lowest BCUT2D eigenvalue weighted by Gasteiger charge is -2.31. The van der Waals surface area contributed by atoms with E-state index in [4.69, 9.17) is 0 Å². The molecule has 1 aliphatic rings. The summed E-state index contributed by atoms with van der Waals surface area (Å²) in [4.78, 5) is 11.3. The minimum Gasteiger partial charge on any atom is -0.355 e. The van der Waals surface area contributed by atoms with Crippen molar-refractivity contribution < 1.29 is 0 Å². The summed E-state index contributed by atoms with van der Waals surface area (Å²) >= 11 is 0. The van der Waals surface area contributed by atoms with Crippen LogP contribution >= 0.6 is 0 Å². The fraction of sp³-hybridized carbons (Fsp3) is 0.667. The van der Waals surface area contributed by atoms with Crippen LogP contribution in [0.3, 0.4) is 0 Å². The molecule has 0 amide bonds. The van der Waals surface area contributed by atoms with E-state index in [1.165, 1.54) is 12.8 Å². The van der Waals surface area contributed by atoms with E-state index in [-0.39, 0.29) is 0 Å². The molecule has 1 aromatic rings. The number of hydrogen-bond acceptors (Lipinski definition) is 3. The molecule has 2 heterocycles. The van der Waals surface area contributed by atoms with Crippen LogP contribution in [0.25, 0.3) is 0 Å². The molecule has 1 aromatic heterocycles. The Morgan fingerprint density at radius 1 is 1.20 bits per heavy atom. The van der Waals surface area contributed by atoms with Gasteiger partial charge in [-0.2, -0.15) is 0 Å². The van der Waals surface area contributed by atoms with Crippen molar-refractivity contribution in [3.63, 3.8) is 0 Å². The van der Waals surface area contributed by atoms with Crippen LogP contribution in [0.4, 0.5) is 5.82 Å². The molecule has 1 aliphatic heterocycles. The Morgan fingerprint density at radius 2 is 1.87 bits per heavy atom. The van der Waals surface area contributed by atoms with E-state index in [2.05, 4.69) is 21.8 Å². The van der Waals surface area contributed by atoms with Gasteiger partial charge in [0.05, 0.1) is 17.6 Å². The second-order valence-electron chi connectivity index (χ2n) is 4.57. The first-order valence-corrected chi connectivity index (χ1v) is 5.72. The van der Waals surface area contributed by atoms with Gasteiger partial charge < -0.3 is 4.90 Å². The van der Waals surface area contributed by atoms with Crippen LogP contribution in [-0.2, 0) is 0 Å². The highest BCUT2D eigenvalue weighted by molar-refractivity contribution is 5.37. The van der Waals surface area contributed by atoms with Gasteiger partial charge in [-0.15, -0.1) is 0 Å². The van der Waals surface area contributed by atoms with Crippen molar-refractivity contribution in [1.29, 1.82) is 0 Å². The Morgan fingerprint density at radius 3 is 2.47 bits per heavy atom. The van der Waals surface area contributed by atoms with E-state index in [1.807, 2.05) is 20.0 Å². The Bertz CT molecular complexity index is 341. The van der Waals surface area contributed by atoms with Crippen molar-refractivity contribution in [3.8, 4) is 0 Å². The van der Waals surface area contributed by atoms with E-state index < -0.39 is 0 Å². The van der Waals surface area contributed by atoms with Crippen molar-refractivity contribution in [1.82, 2.24) is 9.97 Å². The molecule has 3 heteroatoms. The number of hydrogen-bond donors (Lipinski definition) is 0. The SMILES string of the molecule is Cc1ncc(N2CCC(C)CC2)nc1C. The van der Waals surface area contributed by atoms with Crippen LogP contribution in [0.15, 0.2) is 6.20 Å². The number of rotatable bonds is 1. The van der Waals surface area contributed by atoms with E-state index in [0.717, 1.165) is 36.2 Å². The molecular weight excluding hydrogens is 186 g/mol. The quantitative estimate of drug-likeness (QED) is 0.704. The van der Waals surface area contributed by atoms with Gasteiger partial charge in [0.25, 0.3) is 0 Å². The van der Waals surface area contributed by atoms with Crippen LogP contribution < -0.4 is 4.90 Å². The molecule has 1 saturated heterocycles. The van der Waals surface area contributed by atoms with E-state index in [0.29, 0.717) is 0 Å². The first-order chi connectivity index (χ1) is 7.16. The highest BCUT2D eigenvalue weighted by atomic mass is 15.2. The fourth-order valence-corrected chi connectivity index (χ4v) is 1.92. The lowest BCUT2D eigenvalue weighted by Crippen LogP contribution is -2.33. The maximum absolute atomic E-state index is 4.58. The minimum absolute atomic E-state index is 0.862. The normalized spacial score (nSPS) is 18.2. The van der Waals surface area contributed by atoms with Crippen molar-refractivity contribution >= 4 is 5.82 Å². The Hall–Kier alpha value is -1.12. The fourth-order valence-electron chi connectivity index (χ4n) is 1.92. The lowest BCUT2D eigenvalue weighted by molar-refractivity contribution is 0.436. The Balaban J connectivity index is 2.12. The zero-order valence-electron chi connectivity index (χ0n) is 9.82. The highest BCUT2D eigenvalue weighted by Gasteiger charge is 2.17. The number of nitrogens with zero attached hydrogens (tertiary/aromatic N) is 3. The molecule has 15 heavy (non-hydrogen) atoms. The van der Waals surface area contributed by atoms with Crippen LogP contribution in [0.5, 0.6) is 0 Å². The van der Waals surface area contributed by atoms with Gasteiger partial charge in [-0.05, 0) is 32.6 Å². The molecule has 0 spiro atoms. The number of piperidine rings is 1. The zero-order valence-corrected chi connectivity index (χ0v) is 9.82. The molecule has 0 saturated carbocycles. The van der Waals surface area contributed by atoms with Crippen molar-refractivity contribution in [2.45, 2.75) is 33.6 Å². The number of aryl methyl sites for hydroxylation is 2. The summed E-state index contributed by atoms with van der Waals surface area (Å²) in [5.41, 5.74) is 2.08. The molecule has 0 radical (unpaired) electrons. The van der Waals surface area contributed by atoms with Gasteiger partial charge in [0, 0.05) is 13.1 Å². The minimum atomic E-state index is 0.862. The third kappa shape index (κ3) is 2.28. The molecule has 1 fully saturated rings. The molecule has 0 unspecified atom stereocenters. The maximum atomic E-state index is 4.58. The van der Waals surface area contributed by atoms with Gasteiger partial charge in [-0.25, -0.2) is 4.98 Å². The predicted octanol–water partition coefficient (Wildman–Crippen LogP) is 2.33. The maximum Gasteiger partial charge on any atom is 0.147 e. The molecule has 82 valence electrons. The predicted molar refractivity (Wildman–Crippen MR) is 62.1 cm³/mol. The lowest BCUT2D eigenvalue weighted by atomic mass is 9.99. The molecule has 2 rings (SSSR count). The highest BCUT2D eigenvalue weighted by Crippen LogP contribution is 2.21. The third-order valence-electron chi connectivity index (χ3n) is 3.29. The zero-order chi connectivity index (χ0) is 10.8. The summed E-state index contributed by atoms with van der Waals surface area (Å²) < 4.78 is 0. The van der Waals surface area contributed by atoms with E-state index in [1.54, 1.807) is 0 Å². The smallest absolute Gasteiger partial charge is 0.147 e. The van der Waals surface area contributed by atoms with Crippen molar-refractivity contribution in [3.05, 3.63) is 17.6 Å². The molecule has 0 atom stereocenters. The topological polar surface area (TPSA) is 29.0 Å². The largest absolute Gasteiger partial charge is 0.355 e. The molecule has 0 N–H and O–H groups in total. The van der Waals surface area contributed by atoms with Crippen molar-refractivity contribution in [2.24, 2.45) is 5.92 Å². The second-order valence-corrected chi connectivity index (χ2v) is 4.57. The number of anilines is 1. The monoisotopic (exact) mass is 205 g/mol. The van der Waals surface area contributed by atoms with Gasteiger partial charge in [0.1, 0.15) is 5.82 Å². The first kappa shape index (κ1) is 10.4. The number of aromatic nitrogens is 2.